The van der Waals surface area contributed by atoms with Crippen LogP contribution in [0.25, 0.3) is 0 Å². The quantitative estimate of drug-likeness (QED) is 0.842. The lowest BCUT2D eigenvalue weighted by Gasteiger charge is -2.06. The number of aromatic hydroxyl groups is 1. The summed E-state index contributed by atoms with van der Waals surface area (Å²) >= 11 is 0. The van der Waals surface area contributed by atoms with Crippen molar-refractivity contribution in [2.24, 2.45) is 7.05 Å². The Labute approximate surface area is 96.7 Å². The summed E-state index contributed by atoms with van der Waals surface area (Å²) in [5, 5.41) is 18.3. The summed E-state index contributed by atoms with van der Waals surface area (Å²) in [6.07, 6.45) is 1.19. The third-order valence-electron chi connectivity index (χ3n) is 2.23. The van der Waals surface area contributed by atoms with Crippen LogP contribution in [0, 0.1) is 0 Å². The number of carboxylic acids is 1. The highest BCUT2D eigenvalue weighted by molar-refractivity contribution is 5.85. The number of para-hydroxylation sites is 2. The fourth-order valence-electron chi connectivity index (χ4n) is 1.33. The van der Waals surface area contributed by atoms with Gasteiger partial charge in [0.05, 0.1) is 6.20 Å². The molecule has 0 aliphatic carbocycles. The molecule has 0 bridgehead atoms. The Morgan fingerprint density at radius 3 is 2.71 bits per heavy atom. The van der Waals surface area contributed by atoms with E-state index in [-0.39, 0.29) is 23.2 Å². The number of aromatic carboxylic acids is 1. The average molecular weight is 234 g/mol. The Balaban J connectivity index is 2.31. The van der Waals surface area contributed by atoms with Crippen LogP contribution in [0.4, 0.5) is 0 Å². The first-order valence-electron chi connectivity index (χ1n) is 4.80. The van der Waals surface area contributed by atoms with E-state index in [0.717, 1.165) is 0 Å². The van der Waals surface area contributed by atoms with E-state index in [1.54, 1.807) is 18.2 Å². The number of benzene rings is 1. The van der Waals surface area contributed by atoms with Gasteiger partial charge in [-0.2, -0.15) is 0 Å². The lowest BCUT2D eigenvalue weighted by molar-refractivity contribution is 0.0685. The minimum atomic E-state index is -1.09. The van der Waals surface area contributed by atoms with Crippen LogP contribution in [0.15, 0.2) is 30.5 Å². The molecule has 0 fully saturated rings. The normalized spacial score (nSPS) is 10.2. The molecule has 17 heavy (non-hydrogen) atoms. The molecular weight excluding hydrogens is 224 g/mol. The molecule has 6 nitrogen and oxygen atoms in total. The van der Waals surface area contributed by atoms with Gasteiger partial charge in [0.15, 0.2) is 11.5 Å². The van der Waals surface area contributed by atoms with E-state index in [9.17, 15) is 9.90 Å². The number of nitrogens with zero attached hydrogens (tertiary/aromatic N) is 2. The van der Waals surface area contributed by atoms with Crippen LogP contribution >= 0.6 is 0 Å². The Morgan fingerprint density at radius 1 is 1.41 bits per heavy atom. The predicted octanol–water partition coefficient (Wildman–Crippen LogP) is 1.62. The van der Waals surface area contributed by atoms with Crippen LogP contribution in [-0.4, -0.2) is 25.7 Å². The Kier molecular flexibility index (Phi) is 2.70. The highest BCUT2D eigenvalue weighted by Gasteiger charge is 2.14. The fourth-order valence-corrected chi connectivity index (χ4v) is 1.33. The summed E-state index contributed by atoms with van der Waals surface area (Å²) < 4.78 is 6.60. The van der Waals surface area contributed by atoms with Crippen LogP contribution < -0.4 is 4.74 Å². The van der Waals surface area contributed by atoms with Crippen molar-refractivity contribution in [2.45, 2.75) is 0 Å². The van der Waals surface area contributed by atoms with Crippen LogP contribution in [0.2, 0.25) is 0 Å². The number of phenolic OH excluding ortho intramolecular Hbond substituents is 1. The molecule has 0 unspecified atom stereocenters. The molecule has 1 aromatic heterocycles. The second kappa shape index (κ2) is 4.17. The predicted molar refractivity (Wildman–Crippen MR) is 58.3 cm³/mol. The van der Waals surface area contributed by atoms with Gasteiger partial charge in [0.25, 0.3) is 0 Å². The number of carboxylic acid groups (broad SMARTS) is 1. The average Bonchev–Trinajstić information content (AvgIpc) is 2.64. The fraction of sp³-hybridized carbons (Fsp3) is 0.0909. The summed E-state index contributed by atoms with van der Waals surface area (Å²) in [5.74, 6) is -0.905. The first-order chi connectivity index (χ1) is 8.09. The van der Waals surface area contributed by atoms with Crippen LogP contribution in [0.3, 0.4) is 0 Å². The SMILES string of the molecule is Cn1c(C(=O)O)cnc1Oc1ccccc1O. The summed E-state index contributed by atoms with van der Waals surface area (Å²) in [5.41, 5.74) is 0.00965. The van der Waals surface area contributed by atoms with Gasteiger partial charge in [-0.15, -0.1) is 0 Å². The van der Waals surface area contributed by atoms with E-state index >= 15 is 0 Å². The van der Waals surface area contributed by atoms with E-state index in [4.69, 9.17) is 9.84 Å². The summed E-state index contributed by atoms with van der Waals surface area (Å²) in [6.45, 7) is 0. The second-order valence-electron chi connectivity index (χ2n) is 3.36. The van der Waals surface area contributed by atoms with E-state index in [1.807, 2.05) is 0 Å². The van der Waals surface area contributed by atoms with Gasteiger partial charge in [-0.25, -0.2) is 9.78 Å². The molecule has 6 heteroatoms. The monoisotopic (exact) mass is 234 g/mol. The number of hydrogen-bond donors (Lipinski definition) is 2. The molecule has 0 saturated carbocycles. The van der Waals surface area contributed by atoms with Gasteiger partial charge in [-0.3, -0.25) is 4.57 Å². The van der Waals surface area contributed by atoms with Gasteiger partial charge in [0, 0.05) is 7.05 Å². The van der Waals surface area contributed by atoms with Gasteiger partial charge in [0.2, 0.25) is 0 Å². The Bertz CT molecular complexity index is 562. The van der Waals surface area contributed by atoms with E-state index < -0.39 is 5.97 Å². The number of hydrogen-bond acceptors (Lipinski definition) is 4. The first-order valence-corrected chi connectivity index (χ1v) is 4.80. The van der Waals surface area contributed by atoms with Crippen LogP contribution in [0.5, 0.6) is 17.5 Å². The molecule has 0 aliphatic heterocycles. The zero-order valence-corrected chi connectivity index (χ0v) is 8.99. The van der Waals surface area contributed by atoms with Crippen LogP contribution in [-0.2, 0) is 7.05 Å². The number of ether oxygens (including phenoxy) is 1. The topological polar surface area (TPSA) is 84.6 Å². The zero-order chi connectivity index (χ0) is 12.4. The maximum absolute atomic E-state index is 10.8. The minimum Gasteiger partial charge on any atom is -0.504 e. The van der Waals surface area contributed by atoms with Gasteiger partial charge in [-0.05, 0) is 12.1 Å². The van der Waals surface area contributed by atoms with Gasteiger partial charge in [0.1, 0.15) is 5.69 Å². The highest BCUT2D eigenvalue weighted by atomic mass is 16.5. The first kappa shape index (κ1) is 11.0. The van der Waals surface area contributed by atoms with Gasteiger partial charge >= 0.3 is 12.0 Å². The standard InChI is InChI=1S/C11H10N2O4/c1-13-7(10(15)16)6-12-11(13)17-9-5-3-2-4-8(9)14/h2-6,14H,1H3,(H,15,16). The van der Waals surface area contributed by atoms with Crippen molar-refractivity contribution in [3.05, 3.63) is 36.2 Å². The Hall–Kier alpha value is -2.50. The third-order valence-corrected chi connectivity index (χ3v) is 2.23. The lowest BCUT2D eigenvalue weighted by atomic mass is 10.3. The van der Waals surface area contributed by atoms with Gasteiger partial charge < -0.3 is 14.9 Å². The number of rotatable bonds is 3. The molecule has 2 rings (SSSR count). The van der Waals surface area contributed by atoms with Crippen LogP contribution in [0.1, 0.15) is 10.5 Å². The van der Waals surface area contributed by atoms with Crippen molar-refractivity contribution in [2.75, 3.05) is 0 Å². The molecule has 1 aromatic carbocycles. The number of aromatic nitrogens is 2. The van der Waals surface area contributed by atoms with E-state index in [1.165, 1.54) is 23.9 Å². The molecule has 2 N–H and O–H groups in total. The molecule has 0 amide bonds. The van der Waals surface area contributed by atoms with Crippen molar-refractivity contribution in [1.82, 2.24) is 9.55 Å². The van der Waals surface area contributed by atoms with Crippen molar-refractivity contribution in [3.63, 3.8) is 0 Å². The van der Waals surface area contributed by atoms with Crippen molar-refractivity contribution >= 4 is 5.97 Å². The maximum atomic E-state index is 10.8. The zero-order valence-electron chi connectivity index (χ0n) is 8.99. The molecule has 1 heterocycles. The maximum Gasteiger partial charge on any atom is 0.354 e. The van der Waals surface area contributed by atoms with Crippen molar-refractivity contribution in [1.29, 1.82) is 0 Å². The minimum absolute atomic E-state index is 0.00965. The van der Waals surface area contributed by atoms with Gasteiger partial charge in [-0.1, -0.05) is 12.1 Å². The van der Waals surface area contributed by atoms with E-state index in [0.29, 0.717) is 0 Å². The molecule has 0 saturated heterocycles. The molecule has 88 valence electrons. The van der Waals surface area contributed by atoms with E-state index in [2.05, 4.69) is 4.98 Å². The molecule has 2 aromatic rings. The number of imidazole rings is 1. The molecule has 0 aliphatic rings. The Morgan fingerprint density at radius 2 is 2.12 bits per heavy atom. The lowest BCUT2D eigenvalue weighted by Crippen LogP contribution is -2.05. The summed E-state index contributed by atoms with van der Waals surface area (Å²) in [6, 6.07) is 6.48. The number of phenols is 1. The third kappa shape index (κ3) is 2.05. The largest absolute Gasteiger partial charge is 0.504 e. The molecular formula is C11H10N2O4. The highest BCUT2D eigenvalue weighted by Crippen LogP contribution is 2.29. The van der Waals surface area contributed by atoms with Crippen molar-refractivity contribution in [3.8, 4) is 17.5 Å². The second-order valence-corrected chi connectivity index (χ2v) is 3.36. The van der Waals surface area contributed by atoms with Crippen molar-refractivity contribution < 1.29 is 19.7 Å². The summed E-state index contributed by atoms with van der Waals surface area (Å²) in [7, 11) is 1.52. The molecule has 0 atom stereocenters. The summed E-state index contributed by atoms with van der Waals surface area (Å²) in [4.78, 5) is 14.6. The molecule has 0 radical (unpaired) electrons. The smallest absolute Gasteiger partial charge is 0.354 e. The molecule has 0 spiro atoms. The number of carbonyl (C=O) groups is 1.